The van der Waals surface area contributed by atoms with Gasteiger partial charge >= 0.3 is 0 Å². The Balaban J connectivity index is 1.79. The van der Waals surface area contributed by atoms with Gasteiger partial charge in [0.15, 0.2) is 6.29 Å². The molecule has 0 amide bonds. The molecule has 20 heavy (non-hydrogen) atoms. The summed E-state index contributed by atoms with van der Waals surface area (Å²) in [6.07, 6.45) is 10.1. The van der Waals surface area contributed by atoms with Gasteiger partial charge in [0.05, 0.1) is 13.2 Å². The third-order valence-corrected chi connectivity index (χ3v) is 5.28. The quantitative estimate of drug-likeness (QED) is 0.678. The van der Waals surface area contributed by atoms with Gasteiger partial charge in [-0.3, -0.25) is 0 Å². The lowest BCUT2D eigenvalue weighted by atomic mass is 9.77. The van der Waals surface area contributed by atoms with E-state index < -0.39 is 0 Å². The molecular weight excluding hydrogens is 248 g/mol. The van der Waals surface area contributed by atoms with Crippen LogP contribution in [0.5, 0.6) is 0 Å². The average molecular weight is 278 g/mol. The Hall–Kier alpha value is -0.600. The highest BCUT2D eigenvalue weighted by atomic mass is 16.7. The molecule has 1 saturated heterocycles. The van der Waals surface area contributed by atoms with Crippen molar-refractivity contribution in [2.75, 3.05) is 13.2 Å². The van der Waals surface area contributed by atoms with E-state index in [1.54, 1.807) is 0 Å². The van der Waals surface area contributed by atoms with Crippen LogP contribution in [-0.2, 0) is 9.47 Å². The fourth-order valence-electron chi connectivity index (χ4n) is 3.10. The van der Waals surface area contributed by atoms with Crippen LogP contribution in [0.2, 0.25) is 0 Å². The molecule has 0 radical (unpaired) electrons. The van der Waals surface area contributed by atoms with E-state index in [4.69, 9.17) is 9.47 Å². The van der Waals surface area contributed by atoms with Gasteiger partial charge in [0.2, 0.25) is 0 Å². The number of hydrogen-bond donors (Lipinski definition) is 0. The zero-order chi connectivity index (χ0) is 14.6. The maximum absolute atomic E-state index is 5.98. The van der Waals surface area contributed by atoms with Crippen LogP contribution in [0, 0.1) is 17.3 Å². The molecule has 2 nitrogen and oxygen atoms in total. The van der Waals surface area contributed by atoms with Crippen molar-refractivity contribution < 1.29 is 9.47 Å². The van der Waals surface area contributed by atoms with Crippen LogP contribution in [0.4, 0.5) is 0 Å². The summed E-state index contributed by atoms with van der Waals surface area (Å²) in [5, 5.41) is 0. The van der Waals surface area contributed by atoms with Gasteiger partial charge in [-0.15, -0.1) is 0 Å². The highest BCUT2D eigenvalue weighted by molar-refractivity contribution is 5.07. The number of hydrogen-bond acceptors (Lipinski definition) is 2. The minimum atomic E-state index is -0.0782. The fourth-order valence-corrected chi connectivity index (χ4v) is 3.10. The summed E-state index contributed by atoms with van der Waals surface area (Å²) in [6.45, 7) is 12.7. The summed E-state index contributed by atoms with van der Waals surface area (Å²) >= 11 is 0. The first-order valence-corrected chi connectivity index (χ1v) is 8.11. The molecule has 1 aliphatic heterocycles. The van der Waals surface area contributed by atoms with Gasteiger partial charge in [-0.05, 0) is 31.1 Å². The van der Waals surface area contributed by atoms with Crippen molar-refractivity contribution in [2.24, 2.45) is 17.3 Å². The normalized spacial score (nSPS) is 35.8. The molecule has 114 valence electrons. The van der Waals surface area contributed by atoms with E-state index in [-0.39, 0.29) is 11.7 Å². The average Bonchev–Trinajstić information content (AvgIpc) is 2.49. The monoisotopic (exact) mass is 278 g/mol. The maximum Gasteiger partial charge on any atom is 0.161 e. The highest BCUT2D eigenvalue weighted by Crippen LogP contribution is 2.36. The van der Waals surface area contributed by atoms with Crippen molar-refractivity contribution >= 4 is 0 Å². The summed E-state index contributed by atoms with van der Waals surface area (Å²) in [5.74, 6) is 1.25. The Morgan fingerprint density at radius 1 is 1.35 bits per heavy atom. The fraction of sp³-hybridized carbons (Fsp3) is 0.778. The third kappa shape index (κ3) is 3.73. The molecule has 2 rings (SSSR count). The molecule has 0 aromatic heterocycles. The van der Waals surface area contributed by atoms with Crippen LogP contribution in [0.1, 0.15) is 52.9 Å². The highest BCUT2D eigenvalue weighted by Gasteiger charge is 2.36. The summed E-state index contributed by atoms with van der Waals surface area (Å²) in [6, 6.07) is 0. The van der Waals surface area contributed by atoms with Gasteiger partial charge in [0.1, 0.15) is 0 Å². The first-order chi connectivity index (χ1) is 9.55. The first kappa shape index (κ1) is 15.8. The predicted octanol–water partition coefficient (Wildman–Crippen LogP) is 4.71. The molecule has 0 saturated carbocycles. The van der Waals surface area contributed by atoms with Gasteiger partial charge < -0.3 is 9.47 Å². The maximum atomic E-state index is 5.98. The van der Waals surface area contributed by atoms with Crippen molar-refractivity contribution in [2.45, 2.75) is 59.2 Å². The summed E-state index contributed by atoms with van der Waals surface area (Å²) < 4.78 is 12.0. The van der Waals surface area contributed by atoms with E-state index in [2.05, 4.69) is 39.5 Å². The zero-order valence-electron chi connectivity index (χ0n) is 13.4. The van der Waals surface area contributed by atoms with E-state index in [1.807, 2.05) is 0 Å². The molecule has 0 spiro atoms. The summed E-state index contributed by atoms with van der Waals surface area (Å²) in [5.41, 5.74) is 1.46. The SMILES string of the molecule is C=C(CC1OCC(C)(C(C)CC)CO1)C1CC=CCC1. The third-order valence-electron chi connectivity index (χ3n) is 5.28. The lowest BCUT2D eigenvalue weighted by Gasteiger charge is -2.41. The second-order valence-electron chi connectivity index (χ2n) is 6.86. The molecule has 0 bridgehead atoms. The molecule has 2 atom stereocenters. The zero-order valence-corrected chi connectivity index (χ0v) is 13.4. The molecule has 2 unspecified atom stereocenters. The van der Waals surface area contributed by atoms with Gasteiger partial charge in [-0.1, -0.05) is 51.5 Å². The number of ether oxygens (including phenoxy) is 2. The standard InChI is InChI=1S/C18H30O2/c1-5-15(3)18(4)12-19-17(20-13-18)11-14(2)16-9-7-6-8-10-16/h6-7,15-17H,2,5,8-13H2,1,3-4H3. The lowest BCUT2D eigenvalue weighted by Crippen LogP contribution is -2.43. The first-order valence-electron chi connectivity index (χ1n) is 8.11. The van der Waals surface area contributed by atoms with Gasteiger partial charge in [-0.25, -0.2) is 0 Å². The van der Waals surface area contributed by atoms with Gasteiger partial charge in [0, 0.05) is 11.8 Å². The van der Waals surface area contributed by atoms with E-state index in [1.165, 1.54) is 24.8 Å². The Kier molecular flexibility index (Phi) is 5.45. The lowest BCUT2D eigenvalue weighted by molar-refractivity contribution is -0.235. The Bertz CT molecular complexity index is 350. The van der Waals surface area contributed by atoms with E-state index in [9.17, 15) is 0 Å². The van der Waals surface area contributed by atoms with E-state index >= 15 is 0 Å². The minimum Gasteiger partial charge on any atom is -0.352 e. The Morgan fingerprint density at radius 3 is 2.60 bits per heavy atom. The molecule has 2 heteroatoms. The molecule has 1 heterocycles. The van der Waals surface area contributed by atoms with Crippen LogP contribution >= 0.6 is 0 Å². The Morgan fingerprint density at radius 2 is 2.05 bits per heavy atom. The van der Waals surface area contributed by atoms with Gasteiger partial charge in [0.25, 0.3) is 0 Å². The van der Waals surface area contributed by atoms with Crippen LogP contribution in [0.15, 0.2) is 24.3 Å². The topological polar surface area (TPSA) is 18.5 Å². The van der Waals surface area contributed by atoms with Crippen LogP contribution in [0.3, 0.4) is 0 Å². The summed E-state index contributed by atoms with van der Waals surface area (Å²) in [7, 11) is 0. The number of rotatable bonds is 5. The predicted molar refractivity (Wildman–Crippen MR) is 83.5 cm³/mol. The molecule has 1 aliphatic carbocycles. The minimum absolute atomic E-state index is 0.0782. The second-order valence-corrected chi connectivity index (χ2v) is 6.86. The van der Waals surface area contributed by atoms with Gasteiger partial charge in [-0.2, -0.15) is 0 Å². The van der Waals surface area contributed by atoms with E-state index in [0.717, 1.165) is 26.1 Å². The van der Waals surface area contributed by atoms with E-state index in [0.29, 0.717) is 11.8 Å². The number of allylic oxidation sites excluding steroid dienone is 2. The summed E-state index contributed by atoms with van der Waals surface area (Å²) in [4.78, 5) is 0. The molecule has 0 N–H and O–H groups in total. The molecule has 2 aliphatic rings. The van der Waals surface area contributed by atoms with Crippen molar-refractivity contribution in [3.8, 4) is 0 Å². The molecule has 0 aromatic carbocycles. The largest absolute Gasteiger partial charge is 0.352 e. The van der Waals surface area contributed by atoms with Crippen molar-refractivity contribution in [3.63, 3.8) is 0 Å². The molecule has 1 fully saturated rings. The van der Waals surface area contributed by atoms with Crippen molar-refractivity contribution in [1.29, 1.82) is 0 Å². The van der Waals surface area contributed by atoms with Crippen LogP contribution in [0.25, 0.3) is 0 Å². The second kappa shape index (κ2) is 6.91. The molecular formula is C18H30O2. The molecule has 0 aromatic rings. The van der Waals surface area contributed by atoms with Crippen molar-refractivity contribution in [1.82, 2.24) is 0 Å². The Labute approximate surface area is 124 Å². The van der Waals surface area contributed by atoms with Crippen LogP contribution in [-0.4, -0.2) is 19.5 Å². The van der Waals surface area contributed by atoms with Crippen molar-refractivity contribution in [3.05, 3.63) is 24.3 Å². The smallest absolute Gasteiger partial charge is 0.161 e. The van der Waals surface area contributed by atoms with Crippen LogP contribution < -0.4 is 0 Å².